The maximum Gasteiger partial charge on any atom is 0.267 e. The highest BCUT2D eigenvalue weighted by molar-refractivity contribution is 7.12. The lowest BCUT2D eigenvalue weighted by Gasteiger charge is -2.29. The Bertz CT molecular complexity index is 483. The molecule has 1 aliphatic rings. The molecule has 2 heterocycles. The molecule has 0 bridgehead atoms. The zero-order valence-corrected chi connectivity index (χ0v) is 12.5. The molecule has 1 aromatic rings. The Labute approximate surface area is 122 Å². The van der Waals surface area contributed by atoms with Gasteiger partial charge >= 0.3 is 0 Å². The maximum atomic E-state index is 12.3. The van der Waals surface area contributed by atoms with E-state index in [9.17, 15) is 9.59 Å². The van der Waals surface area contributed by atoms with E-state index in [1.807, 2.05) is 0 Å². The first-order valence-corrected chi connectivity index (χ1v) is 7.37. The fourth-order valence-corrected chi connectivity index (χ4v) is 2.93. The van der Waals surface area contributed by atoms with Crippen LogP contribution < -0.4 is 10.1 Å². The van der Waals surface area contributed by atoms with Gasteiger partial charge in [0.1, 0.15) is 10.6 Å². The monoisotopic (exact) mass is 297 g/mol. The molecule has 1 N–H and O–H groups in total. The largest absolute Gasteiger partial charge is 0.495 e. The lowest BCUT2D eigenvalue weighted by atomic mass is 10.3. The fourth-order valence-electron chi connectivity index (χ4n) is 2.08. The van der Waals surface area contributed by atoms with Gasteiger partial charge in [-0.2, -0.15) is 0 Å². The van der Waals surface area contributed by atoms with E-state index >= 15 is 0 Å². The highest BCUT2D eigenvalue weighted by Gasteiger charge is 2.23. The molecule has 7 heteroatoms. The first kappa shape index (κ1) is 14.8. The van der Waals surface area contributed by atoms with Crippen LogP contribution in [0.4, 0.5) is 0 Å². The molecule has 2 amide bonds. The fraction of sp³-hybridized carbons (Fsp3) is 0.538. The molecule has 2 rings (SSSR count). The number of nitrogens with zero attached hydrogens (tertiary/aromatic N) is 2. The highest BCUT2D eigenvalue weighted by atomic mass is 32.1. The number of rotatable bonds is 4. The molecular formula is C13H19N3O3S. The third-order valence-corrected chi connectivity index (χ3v) is 4.12. The molecule has 0 spiro atoms. The number of nitrogens with one attached hydrogen (secondary N) is 1. The van der Waals surface area contributed by atoms with Crippen molar-refractivity contribution < 1.29 is 14.3 Å². The molecule has 110 valence electrons. The molecule has 0 radical (unpaired) electrons. The smallest absolute Gasteiger partial charge is 0.267 e. The van der Waals surface area contributed by atoms with E-state index in [4.69, 9.17) is 4.74 Å². The van der Waals surface area contributed by atoms with Crippen LogP contribution >= 0.6 is 11.3 Å². The molecule has 0 unspecified atom stereocenters. The van der Waals surface area contributed by atoms with Crippen LogP contribution in [0.3, 0.4) is 0 Å². The van der Waals surface area contributed by atoms with Gasteiger partial charge in [-0.3, -0.25) is 9.59 Å². The van der Waals surface area contributed by atoms with Crippen molar-refractivity contribution in [3.05, 3.63) is 16.3 Å². The number of thiophene rings is 1. The third kappa shape index (κ3) is 3.29. The number of carbonyl (C=O) groups is 2. The average Bonchev–Trinajstić information content (AvgIpc) is 2.95. The van der Waals surface area contributed by atoms with Gasteiger partial charge in [0.05, 0.1) is 13.7 Å². The molecule has 20 heavy (non-hydrogen) atoms. The molecule has 0 atom stereocenters. The van der Waals surface area contributed by atoms with Crippen LogP contribution in [0, 0.1) is 0 Å². The molecule has 1 saturated heterocycles. The first-order valence-electron chi connectivity index (χ1n) is 6.49. The second-order valence-electron chi connectivity index (χ2n) is 4.61. The summed E-state index contributed by atoms with van der Waals surface area (Å²) in [5.41, 5.74) is 0. The van der Waals surface area contributed by atoms with Gasteiger partial charge in [-0.05, 0) is 11.4 Å². The van der Waals surface area contributed by atoms with Crippen molar-refractivity contribution in [2.75, 3.05) is 46.9 Å². The topological polar surface area (TPSA) is 61.9 Å². The zero-order chi connectivity index (χ0) is 14.5. The number of ether oxygens (including phenoxy) is 1. The van der Waals surface area contributed by atoms with E-state index in [1.165, 1.54) is 23.3 Å². The number of amides is 2. The van der Waals surface area contributed by atoms with Gasteiger partial charge < -0.3 is 19.9 Å². The summed E-state index contributed by atoms with van der Waals surface area (Å²) in [5.74, 6) is 0.361. The van der Waals surface area contributed by atoms with Crippen LogP contribution in [0.2, 0.25) is 0 Å². The van der Waals surface area contributed by atoms with Crippen molar-refractivity contribution in [2.24, 2.45) is 0 Å². The van der Waals surface area contributed by atoms with E-state index in [2.05, 4.69) is 5.32 Å². The molecule has 1 fully saturated rings. The van der Waals surface area contributed by atoms with Crippen LogP contribution in [0.15, 0.2) is 11.4 Å². The molecule has 1 aliphatic heterocycles. The SMILES string of the molecule is COc1ccsc1C(=O)N(C)CC(=O)N1CCNCC1. The molecule has 0 aliphatic carbocycles. The molecular weight excluding hydrogens is 278 g/mol. The lowest BCUT2D eigenvalue weighted by Crippen LogP contribution is -2.49. The summed E-state index contributed by atoms with van der Waals surface area (Å²) < 4.78 is 5.14. The molecule has 6 nitrogen and oxygen atoms in total. The second kappa shape index (κ2) is 6.71. The maximum absolute atomic E-state index is 12.3. The summed E-state index contributed by atoms with van der Waals surface area (Å²) in [5, 5.41) is 5.00. The first-order chi connectivity index (χ1) is 9.63. The van der Waals surface area contributed by atoms with Crippen molar-refractivity contribution in [1.29, 1.82) is 0 Å². The Kier molecular flexibility index (Phi) is 4.97. The Morgan fingerprint density at radius 2 is 2.15 bits per heavy atom. The lowest BCUT2D eigenvalue weighted by molar-refractivity contribution is -0.132. The number of hydrogen-bond donors (Lipinski definition) is 1. The van der Waals surface area contributed by atoms with Crippen LogP contribution in [-0.2, 0) is 4.79 Å². The zero-order valence-electron chi connectivity index (χ0n) is 11.7. The van der Waals surface area contributed by atoms with E-state index < -0.39 is 0 Å². The van der Waals surface area contributed by atoms with Crippen LogP contribution in [0.5, 0.6) is 5.75 Å². The number of piperazine rings is 1. The van der Waals surface area contributed by atoms with E-state index in [-0.39, 0.29) is 18.4 Å². The summed E-state index contributed by atoms with van der Waals surface area (Å²) in [6, 6.07) is 1.75. The third-order valence-electron chi connectivity index (χ3n) is 3.23. The Balaban J connectivity index is 1.95. The van der Waals surface area contributed by atoms with Crippen molar-refractivity contribution >= 4 is 23.2 Å². The van der Waals surface area contributed by atoms with Gasteiger partial charge in [0.25, 0.3) is 5.91 Å². The van der Waals surface area contributed by atoms with Gasteiger partial charge in [0.2, 0.25) is 5.91 Å². The van der Waals surface area contributed by atoms with Gasteiger partial charge in [0, 0.05) is 33.2 Å². The summed E-state index contributed by atoms with van der Waals surface area (Å²) >= 11 is 1.32. The minimum atomic E-state index is -0.180. The summed E-state index contributed by atoms with van der Waals surface area (Å²) in [6.07, 6.45) is 0. The average molecular weight is 297 g/mol. The van der Waals surface area contributed by atoms with Crippen LogP contribution in [0.1, 0.15) is 9.67 Å². The van der Waals surface area contributed by atoms with Crippen molar-refractivity contribution in [3.8, 4) is 5.75 Å². The van der Waals surface area contributed by atoms with Gasteiger partial charge in [0.15, 0.2) is 0 Å². The van der Waals surface area contributed by atoms with Crippen LogP contribution in [0.25, 0.3) is 0 Å². The quantitative estimate of drug-likeness (QED) is 0.866. The minimum Gasteiger partial charge on any atom is -0.495 e. The van der Waals surface area contributed by atoms with Crippen molar-refractivity contribution in [2.45, 2.75) is 0 Å². The highest BCUT2D eigenvalue weighted by Crippen LogP contribution is 2.25. The Morgan fingerprint density at radius 3 is 2.80 bits per heavy atom. The van der Waals surface area contributed by atoms with Crippen LogP contribution in [-0.4, -0.2) is 68.5 Å². The Morgan fingerprint density at radius 1 is 1.45 bits per heavy atom. The molecule has 0 aromatic carbocycles. The van der Waals surface area contributed by atoms with E-state index in [0.29, 0.717) is 23.7 Å². The van der Waals surface area contributed by atoms with E-state index in [1.54, 1.807) is 23.4 Å². The minimum absolute atomic E-state index is 0.0159. The number of carbonyl (C=O) groups excluding carboxylic acids is 2. The predicted molar refractivity (Wildman–Crippen MR) is 77.3 cm³/mol. The van der Waals surface area contributed by atoms with Gasteiger partial charge in [-0.15, -0.1) is 11.3 Å². The summed E-state index contributed by atoms with van der Waals surface area (Å²) in [4.78, 5) is 28.1. The molecule has 1 aromatic heterocycles. The number of methoxy groups -OCH3 is 1. The van der Waals surface area contributed by atoms with Gasteiger partial charge in [-0.25, -0.2) is 0 Å². The second-order valence-corrected chi connectivity index (χ2v) is 5.53. The standard InChI is InChI=1S/C13H19N3O3S/c1-15(9-11(17)16-6-4-14-5-7-16)13(18)12-10(19-2)3-8-20-12/h3,8,14H,4-7,9H2,1-2H3. The summed E-state index contributed by atoms with van der Waals surface area (Å²) in [7, 11) is 3.17. The number of hydrogen-bond acceptors (Lipinski definition) is 5. The van der Waals surface area contributed by atoms with Crippen molar-refractivity contribution in [1.82, 2.24) is 15.1 Å². The van der Waals surface area contributed by atoms with Crippen molar-refractivity contribution in [3.63, 3.8) is 0 Å². The molecule has 0 saturated carbocycles. The number of likely N-dealkylation sites (N-methyl/N-ethyl adjacent to an activating group) is 1. The predicted octanol–water partition coefficient (Wildman–Crippen LogP) is 0.261. The van der Waals surface area contributed by atoms with E-state index in [0.717, 1.165) is 13.1 Å². The van der Waals surface area contributed by atoms with Gasteiger partial charge in [-0.1, -0.05) is 0 Å². The normalized spacial score (nSPS) is 15.0. The Hall–Kier alpha value is -1.60. The summed E-state index contributed by atoms with van der Waals surface area (Å²) in [6.45, 7) is 3.11.